The highest BCUT2D eigenvalue weighted by Crippen LogP contribution is 2.34. The third-order valence-electron chi connectivity index (χ3n) is 3.75. The Bertz CT molecular complexity index is 1070. The first-order chi connectivity index (χ1) is 14.3. The van der Waals surface area contributed by atoms with Crippen LogP contribution in [0.25, 0.3) is 0 Å². The van der Waals surface area contributed by atoms with Gasteiger partial charge in [-0.25, -0.2) is 4.98 Å². The van der Waals surface area contributed by atoms with Crippen molar-refractivity contribution in [2.75, 3.05) is 11.1 Å². The molecule has 3 aromatic rings. The van der Waals surface area contributed by atoms with Crippen LogP contribution in [0, 0.1) is 0 Å². The molecule has 0 aliphatic heterocycles. The van der Waals surface area contributed by atoms with E-state index >= 15 is 0 Å². The van der Waals surface area contributed by atoms with Crippen LogP contribution < -0.4 is 15.6 Å². The van der Waals surface area contributed by atoms with Crippen molar-refractivity contribution in [1.82, 2.24) is 9.97 Å². The standard InChI is InChI=1S/C20H16F3N3O3S/c21-20(22,23)15-8-4-5-9-16(15)25-18(28)12-30-19-24-13(10-17(27)26-19)11-29-14-6-2-1-3-7-14/h1-10H,11-12H2,(H,25,28)(H,24,26,27). The Morgan fingerprint density at radius 2 is 1.80 bits per heavy atom. The normalized spacial score (nSPS) is 11.2. The number of H-pyrrole nitrogens is 1. The molecule has 0 fully saturated rings. The smallest absolute Gasteiger partial charge is 0.418 e. The zero-order valence-corrected chi connectivity index (χ0v) is 16.2. The van der Waals surface area contributed by atoms with Crippen LogP contribution in [0.1, 0.15) is 11.3 Å². The molecule has 0 spiro atoms. The number of para-hydroxylation sites is 2. The molecule has 0 atom stereocenters. The fraction of sp³-hybridized carbons (Fsp3) is 0.150. The number of ether oxygens (including phenoxy) is 1. The second-order valence-electron chi connectivity index (χ2n) is 6.02. The van der Waals surface area contributed by atoms with Gasteiger partial charge in [-0.1, -0.05) is 42.1 Å². The average Bonchev–Trinajstić information content (AvgIpc) is 2.71. The molecule has 6 nitrogen and oxygen atoms in total. The van der Waals surface area contributed by atoms with Gasteiger partial charge < -0.3 is 15.0 Å². The van der Waals surface area contributed by atoms with E-state index < -0.39 is 23.2 Å². The number of hydrogen-bond acceptors (Lipinski definition) is 5. The zero-order valence-electron chi connectivity index (χ0n) is 15.4. The number of nitrogens with zero attached hydrogens (tertiary/aromatic N) is 1. The first kappa shape index (κ1) is 21.4. The van der Waals surface area contributed by atoms with Crippen LogP contribution in [-0.2, 0) is 17.6 Å². The molecule has 1 amide bonds. The Balaban J connectivity index is 1.61. The molecule has 0 bridgehead atoms. The average molecular weight is 435 g/mol. The number of thioether (sulfide) groups is 1. The summed E-state index contributed by atoms with van der Waals surface area (Å²) in [5.74, 6) is -0.292. The molecule has 156 valence electrons. The lowest BCUT2D eigenvalue weighted by Gasteiger charge is -2.13. The first-order valence-corrected chi connectivity index (χ1v) is 9.67. The fourth-order valence-corrected chi connectivity index (χ4v) is 3.15. The van der Waals surface area contributed by atoms with E-state index in [4.69, 9.17) is 4.74 Å². The number of alkyl halides is 3. The maximum absolute atomic E-state index is 13.0. The minimum absolute atomic E-state index is 0.0483. The number of nitrogens with one attached hydrogen (secondary N) is 2. The van der Waals surface area contributed by atoms with Gasteiger partial charge in [0.25, 0.3) is 5.56 Å². The highest BCUT2D eigenvalue weighted by molar-refractivity contribution is 7.99. The third kappa shape index (κ3) is 6.11. The predicted molar refractivity (Wildman–Crippen MR) is 106 cm³/mol. The van der Waals surface area contributed by atoms with Gasteiger partial charge in [-0.05, 0) is 24.3 Å². The van der Waals surface area contributed by atoms with E-state index in [1.807, 2.05) is 6.07 Å². The summed E-state index contributed by atoms with van der Waals surface area (Å²) in [4.78, 5) is 30.6. The number of aromatic amines is 1. The number of hydrogen-bond donors (Lipinski definition) is 2. The number of aromatic nitrogens is 2. The molecule has 0 aliphatic carbocycles. The van der Waals surface area contributed by atoms with Crippen molar-refractivity contribution in [1.29, 1.82) is 0 Å². The molecule has 0 unspecified atom stereocenters. The molecule has 2 N–H and O–H groups in total. The number of benzene rings is 2. The molecule has 1 heterocycles. The lowest BCUT2D eigenvalue weighted by atomic mass is 10.1. The van der Waals surface area contributed by atoms with Crippen LogP contribution in [0.5, 0.6) is 5.75 Å². The van der Waals surface area contributed by atoms with E-state index in [0.717, 1.165) is 17.8 Å². The molecule has 0 radical (unpaired) electrons. The van der Waals surface area contributed by atoms with Gasteiger partial charge in [-0.3, -0.25) is 9.59 Å². The van der Waals surface area contributed by atoms with Gasteiger partial charge in [-0.15, -0.1) is 0 Å². The molecule has 0 saturated heterocycles. The SMILES string of the molecule is O=C(CSc1nc(COc2ccccc2)cc(=O)[nH]1)Nc1ccccc1C(F)(F)F. The van der Waals surface area contributed by atoms with Crippen LogP contribution in [0.4, 0.5) is 18.9 Å². The van der Waals surface area contributed by atoms with Crippen molar-refractivity contribution >= 4 is 23.4 Å². The lowest BCUT2D eigenvalue weighted by molar-refractivity contribution is -0.137. The Morgan fingerprint density at radius 1 is 1.10 bits per heavy atom. The van der Waals surface area contributed by atoms with Crippen LogP contribution in [0.2, 0.25) is 0 Å². The molecule has 3 rings (SSSR count). The fourth-order valence-electron chi connectivity index (χ4n) is 2.46. The predicted octanol–water partition coefficient (Wildman–Crippen LogP) is 4.10. The molecular weight excluding hydrogens is 419 g/mol. The van der Waals surface area contributed by atoms with Gasteiger partial charge in [0.1, 0.15) is 12.4 Å². The quantitative estimate of drug-likeness (QED) is 0.431. The summed E-state index contributed by atoms with van der Waals surface area (Å²) in [5.41, 5.74) is -1.34. The van der Waals surface area contributed by atoms with E-state index in [9.17, 15) is 22.8 Å². The maximum atomic E-state index is 13.0. The second-order valence-corrected chi connectivity index (χ2v) is 6.99. The van der Waals surface area contributed by atoms with Crippen LogP contribution >= 0.6 is 11.8 Å². The van der Waals surface area contributed by atoms with Gasteiger partial charge in [0.05, 0.1) is 22.7 Å². The van der Waals surface area contributed by atoms with Gasteiger partial charge >= 0.3 is 6.18 Å². The van der Waals surface area contributed by atoms with Crippen LogP contribution in [-0.4, -0.2) is 21.6 Å². The summed E-state index contributed by atoms with van der Waals surface area (Å²) in [6.07, 6.45) is -4.59. The van der Waals surface area contributed by atoms with Gasteiger partial charge in [0.15, 0.2) is 5.16 Å². The number of carbonyl (C=O) groups is 1. The maximum Gasteiger partial charge on any atom is 0.418 e. The van der Waals surface area contributed by atoms with E-state index in [1.165, 1.54) is 24.3 Å². The minimum Gasteiger partial charge on any atom is -0.487 e. The van der Waals surface area contributed by atoms with Crippen molar-refractivity contribution in [2.45, 2.75) is 17.9 Å². The molecule has 0 aliphatic rings. The molecule has 30 heavy (non-hydrogen) atoms. The minimum atomic E-state index is -4.59. The third-order valence-corrected chi connectivity index (χ3v) is 4.62. The summed E-state index contributed by atoms with van der Waals surface area (Å²) in [6.45, 7) is 0.0483. The summed E-state index contributed by atoms with van der Waals surface area (Å²) in [6, 6.07) is 14.9. The van der Waals surface area contributed by atoms with Crippen molar-refractivity contribution < 1.29 is 22.7 Å². The monoisotopic (exact) mass is 435 g/mol. The molecular formula is C20H16F3N3O3S. The molecule has 1 aromatic heterocycles. The van der Waals surface area contributed by atoms with E-state index in [-0.39, 0.29) is 23.2 Å². The van der Waals surface area contributed by atoms with E-state index in [0.29, 0.717) is 11.4 Å². The van der Waals surface area contributed by atoms with Gasteiger partial charge in [-0.2, -0.15) is 13.2 Å². The second kappa shape index (κ2) is 9.49. The Hall–Kier alpha value is -3.27. The number of rotatable bonds is 7. The summed E-state index contributed by atoms with van der Waals surface area (Å²) in [5, 5.41) is 2.40. The molecule has 2 aromatic carbocycles. The lowest BCUT2D eigenvalue weighted by Crippen LogP contribution is -2.19. The van der Waals surface area contributed by atoms with Gasteiger partial charge in [0, 0.05) is 6.07 Å². The summed E-state index contributed by atoms with van der Waals surface area (Å²) >= 11 is 0.896. The molecule has 0 saturated carbocycles. The largest absolute Gasteiger partial charge is 0.487 e. The number of carbonyl (C=O) groups excluding carboxylic acids is 1. The van der Waals surface area contributed by atoms with Crippen molar-refractivity contribution in [3.05, 3.63) is 82.3 Å². The van der Waals surface area contributed by atoms with Crippen molar-refractivity contribution in [3.63, 3.8) is 0 Å². The van der Waals surface area contributed by atoms with E-state index in [1.54, 1.807) is 24.3 Å². The molecule has 10 heteroatoms. The zero-order chi connectivity index (χ0) is 21.6. The van der Waals surface area contributed by atoms with Crippen LogP contribution in [0.3, 0.4) is 0 Å². The Labute approximate surface area is 173 Å². The van der Waals surface area contributed by atoms with Gasteiger partial charge in [0.2, 0.25) is 5.91 Å². The number of halogens is 3. The van der Waals surface area contributed by atoms with Crippen LogP contribution in [0.15, 0.2) is 70.6 Å². The Morgan fingerprint density at radius 3 is 2.53 bits per heavy atom. The van der Waals surface area contributed by atoms with Crippen molar-refractivity contribution in [2.24, 2.45) is 0 Å². The summed E-state index contributed by atoms with van der Waals surface area (Å²) in [7, 11) is 0. The number of amides is 1. The first-order valence-electron chi connectivity index (χ1n) is 8.68. The highest BCUT2D eigenvalue weighted by atomic mass is 32.2. The van der Waals surface area contributed by atoms with E-state index in [2.05, 4.69) is 15.3 Å². The topological polar surface area (TPSA) is 84.1 Å². The number of anilines is 1. The Kier molecular flexibility index (Phi) is 6.78. The van der Waals surface area contributed by atoms with Crippen molar-refractivity contribution in [3.8, 4) is 5.75 Å². The summed E-state index contributed by atoms with van der Waals surface area (Å²) < 4.78 is 44.6. The highest BCUT2D eigenvalue weighted by Gasteiger charge is 2.33.